The molecule has 0 aliphatic heterocycles. The molecule has 0 amide bonds. The molecule has 4 nitrogen and oxygen atoms in total. The van der Waals surface area contributed by atoms with Crippen LogP contribution in [-0.2, 0) is 7.05 Å². The maximum atomic E-state index is 5.91. The van der Waals surface area contributed by atoms with Gasteiger partial charge in [-0.2, -0.15) is 0 Å². The highest BCUT2D eigenvalue weighted by atomic mass is 79.9. The number of rotatable bonds is 2. The Labute approximate surface area is 80.3 Å². The van der Waals surface area contributed by atoms with Crippen molar-refractivity contribution in [3.05, 3.63) is 10.6 Å². The second-order valence-electron chi connectivity index (χ2n) is 3.13. The average molecular weight is 233 g/mol. The number of hydrogen-bond donors (Lipinski definition) is 1. The summed E-state index contributed by atoms with van der Waals surface area (Å²) in [7, 11) is 1.84. The van der Waals surface area contributed by atoms with Crippen molar-refractivity contribution in [1.82, 2.24) is 14.8 Å². The summed E-state index contributed by atoms with van der Waals surface area (Å²) >= 11 is 3.20. The molecule has 1 aromatic rings. The predicted molar refractivity (Wildman–Crippen MR) is 50.5 cm³/mol. The minimum absolute atomic E-state index is 0.0474. The van der Waals surface area contributed by atoms with E-state index in [1.807, 2.05) is 7.05 Å². The topological polar surface area (TPSA) is 56.7 Å². The molecule has 0 fully saturated rings. The van der Waals surface area contributed by atoms with Crippen LogP contribution in [0.4, 0.5) is 0 Å². The van der Waals surface area contributed by atoms with Crippen molar-refractivity contribution in [2.24, 2.45) is 18.7 Å². The fraction of sp³-hybridized carbons (Fsp3) is 0.714. The molecule has 0 aromatic carbocycles. The first-order chi connectivity index (χ1) is 5.52. The molecule has 0 aliphatic rings. The number of halogens is 1. The van der Waals surface area contributed by atoms with Gasteiger partial charge in [0.2, 0.25) is 4.73 Å². The van der Waals surface area contributed by atoms with Gasteiger partial charge in [-0.05, 0) is 21.8 Å². The maximum absolute atomic E-state index is 5.91. The van der Waals surface area contributed by atoms with Gasteiger partial charge >= 0.3 is 0 Å². The maximum Gasteiger partial charge on any atom is 0.217 e. The van der Waals surface area contributed by atoms with Crippen LogP contribution in [0.3, 0.4) is 0 Å². The molecule has 1 atom stereocenters. The lowest BCUT2D eigenvalue weighted by Crippen LogP contribution is -2.20. The Morgan fingerprint density at radius 2 is 2.08 bits per heavy atom. The van der Waals surface area contributed by atoms with Crippen LogP contribution in [0, 0.1) is 5.92 Å². The van der Waals surface area contributed by atoms with Gasteiger partial charge in [-0.1, -0.05) is 13.8 Å². The molecule has 2 N–H and O–H groups in total. The summed E-state index contributed by atoms with van der Waals surface area (Å²) in [5.74, 6) is 1.19. The van der Waals surface area contributed by atoms with Crippen LogP contribution in [0.5, 0.6) is 0 Å². The van der Waals surface area contributed by atoms with Gasteiger partial charge in [0, 0.05) is 7.05 Å². The van der Waals surface area contributed by atoms with Crippen molar-refractivity contribution < 1.29 is 0 Å². The van der Waals surface area contributed by atoms with Crippen LogP contribution in [0.2, 0.25) is 0 Å². The molecule has 0 saturated heterocycles. The molecular weight excluding hydrogens is 220 g/mol. The number of hydrogen-bond acceptors (Lipinski definition) is 3. The summed E-state index contributed by atoms with van der Waals surface area (Å²) in [5, 5.41) is 4.06. The molecular formula is C7H13BrN4. The first kappa shape index (κ1) is 9.67. The van der Waals surface area contributed by atoms with Gasteiger partial charge in [-0.15, -0.1) is 5.10 Å². The Hall–Kier alpha value is -0.420. The monoisotopic (exact) mass is 232 g/mol. The molecule has 1 unspecified atom stereocenters. The van der Waals surface area contributed by atoms with Crippen LogP contribution in [-0.4, -0.2) is 14.8 Å². The Bertz CT molecular complexity index is 268. The number of nitrogens with zero attached hydrogens (tertiary/aromatic N) is 3. The quantitative estimate of drug-likeness (QED) is 0.835. The molecule has 0 saturated carbocycles. The normalized spacial score (nSPS) is 13.8. The molecule has 0 spiro atoms. The van der Waals surface area contributed by atoms with Crippen molar-refractivity contribution in [1.29, 1.82) is 0 Å². The summed E-state index contributed by atoms with van der Waals surface area (Å²) in [6, 6.07) is -0.0474. The fourth-order valence-electron chi connectivity index (χ4n) is 0.953. The minimum atomic E-state index is -0.0474. The highest BCUT2D eigenvalue weighted by molar-refractivity contribution is 9.10. The molecule has 0 bridgehead atoms. The van der Waals surface area contributed by atoms with E-state index in [1.165, 1.54) is 0 Å². The summed E-state index contributed by atoms with van der Waals surface area (Å²) in [6.07, 6.45) is 0. The number of aromatic nitrogens is 3. The number of nitrogens with two attached hydrogens (primary N) is 1. The molecule has 0 aliphatic carbocycles. The largest absolute Gasteiger partial charge is 0.321 e. The molecule has 12 heavy (non-hydrogen) atoms. The SMILES string of the molecule is CC(C)C(N)c1nc(Br)nn1C. The van der Waals surface area contributed by atoms with Gasteiger partial charge in [0.05, 0.1) is 6.04 Å². The first-order valence-electron chi connectivity index (χ1n) is 3.84. The Kier molecular flexibility index (Phi) is 2.85. The van der Waals surface area contributed by atoms with Crippen LogP contribution >= 0.6 is 15.9 Å². The van der Waals surface area contributed by atoms with E-state index >= 15 is 0 Å². The Morgan fingerprint density at radius 1 is 1.50 bits per heavy atom. The Balaban J connectivity index is 2.94. The third kappa shape index (κ3) is 1.84. The summed E-state index contributed by atoms with van der Waals surface area (Å²) in [5.41, 5.74) is 5.91. The molecule has 1 heterocycles. The molecule has 0 radical (unpaired) electrons. The predicted octanol–water partition coefficient (Wildman–Crippen LogP) is 1.23. The standard InChI is InChI=1S/C7H13BrN4/c1-4(2)5(9)6-10-7(8)11-12(6)3/h4-5H,9H2,1-3H3. The smallest absolute Gasteiger partial charge is 0.217 e. The van der Waals surface area contributed by atoms with Gasteiger partial charge in [0.25, 0.3) is 0 Å². The zero-order valence-corrected chi connectivity index (χ0v) is 9.04. The lowest BCUT2D eigenvalue weighted by Gasteiger charge is -2.13. The fourth-order valence-corrected chi connectivity index (χ4v) is 1.37. The van der Waals surface area contributed by atoms with E-state index in [0.717, 1.165) is 5.82 Å². The van der Waals surface area contributed by atoms with Gasteiger partial charge in [0.1, 0.15) is 5.82 Å². The second kappa shape index (κ2) is 3.53. The minimum Gasteiger partial charge on any atom is -0.321 e. The van der Waals surface area contributed by atoms with E-state index in [0.29, 0.717) is 10.7 Å². The van der Waals surface area contributed by atoms with Crippen molar-refractivity contribution in [2.75, 3.05) is 0 Å². The third-order valence-electron chi connectivity index (χ3n) is 1.79. The summed E-state index contributed by atoms with van der Waals surface area (Å²) < 4.78 is 2.30. The Morgan fingerprint density at radius 3 is 2.42 bits per heavy atom. The van der Waals surface area contributed by atoms with Crippen molar-refractivity contribution in [2.45, 2.75) is 19.9 Å². The van der Waals surface area contributed by atoms with Crippen LogP contribution in [0.1, 0.15) is 25.7 Å². The number of aryl methyl sites for hydroxylation is 1. The van der Waals surface area contributed by atoms with E-state index < -0.39 is 0 Å². The van der Waals surface area contributed by atoms with Gasteiger partial charge in [0.15, 0.2) is 0 Å². The lowest BCUT2D eigenvalue weighted by atomic mass is 10.1. The van der Waals surface area contributed by atoms with E-state index in [1.54, 1.807) is 4.68 Å². The average Bonchev–Trinajstić information content (AvgIpc) is 2.28. The highest BCUT2D eigenvalue weighted by Crippen LogP contribution is 2.17. The van der Waals surface area contributed by atoms with Gasteiger partial charge in [-0.25, -0.2) is 4.98 Å². The molecule has 1 rings (SSSR count). The van der Waals surface area contributed by atoms with Gasteiger partial charge in [-0.3, -0.25) is 4.68 Å². The van der Waals surface area contributed by atoms with E-state index in [2.05, 4.69) is 39.9 Å². The van der Waals surface area contributed by atoms with E-state index in [-0.39, 0.29) is 6.04 Å². The van der Waals surface area contributed by atoms with Crippen molar-refractivity contribution in [3.63, 3.8) is 0 Å². The molecule has 1 aromatic heterocycles. The third-order valence-corrected chi connectivity index (χ3v) is 2.12. The van der Waals surface area contributed by atoms with Crippen LogP contribution < -0.4 is 5.73 Å². The highest BCUT2D eigenvalue weighted by Gasteiger charge is 2.16. The first-order valence-corrected chi connectivity index (χ1v) is 4.63. The van der Waals surface area contributed by atoms with E-state index in [9.17, 15) is 0 Å². The zero-order chi connectivity index (χ0) is 9.30. The van der Waals surface area contributed by atoms with Crippen molar-refractivity contribution in [3.8, 4) is 0 Å². The van der Waals surface area contributed by atoms with E-state index in [4.69, 9.17) is 5.73 Å². The van der Waals surface area contributed by atoms with Crippen molar-refractivity contribution >= 4 is 15.9 Å². The molecule has 5 heteroatoms. The lowest BCUT2D eigenvalue weighted by molar-refractivity contribution is 0.469. The van der Waals surface area contributed by atoms with Crippen LogP contribution in [0.25, 0.3) is 0 Å². The second-order valence-corrected chi connectivity index (χ2v) is 3.84. The summed E-state index contributed by atoms with van der Waals surface area (Å²) in [6.45, 7) is 4.13. The molecule has 68 valence electrons. The zero-order valence-electron chi connectivity index (χ0n) is 7.45. The summed E-state index contributed by atoms with van der Waals surface area (Å²) in [4.78, 5) is 4.17. The van der Waals surface area contributed by atoms with Gasteiger partial charge < -0.3 is 5.73 Å². The van der Waals surface area contributed by atoms with Crippen LogP contribution in [0.15, 0.2) is 4.73 Å².